The van der Waals surface area contributed by atoms with Gasteiger partial charge in [0.2, 0.25) is 0 Å². The zero-order valence-electron chi connectivity index (χ0n) is 10.7. The molecule has 0 saturated heterocycles. The number of hydrogen-bond acceptors (Lipinski definition) is 5. The zero-order chi connectivity index (χ0) is 13.5. The van der Waals surface area contributed by atoms with Gasteiger partial charge in [0.25, 0.3) is 0 Å². The van der Waals surface area contributed by atoms with E-state index in [-0.39, 0.29) is 0 Å². The van der Waals surface area contributed by atoms with Crippen molar-refractivity contribution in [3.05, 3.63) is 48.5 Å². The summed E-state index contributed by atoms with van der Waals surface area (Å²) >= 11 is 0. The molecule has 0 heterocycles. The smallest absolute Gasteiger partial charge is 0.0666 e. The summed E-state index contributed by atoms with van der Waals surface area (Å²) in [6.45, 7) is 1.35. The van der Waals surface area contributed by atoms with Gasteiger partial charge in [-0.05, 0) is 48.5 Å². The molecule has 7 N–H and O–H groups in total. The number of nitrogen functional groups attached to an aromatic ring is 2. The van der Waals surface area contributed by atoms with E-state index in [4.69, 9.17) is 11.5 Å². The van der Waals surface area contributed by atoms with Crippen LogP contribution >= 0.6 is 0 Å². The Morgan fingerprint density at radius 3 is 1.37 bits per heavy atom. The number of rotatable bonds is 6. The minimum Gasteiger partial charge on any atom is -0.399 e. The first kappa shape index (κ1) is 13.0. The summed E-state index contributed by atoms with van der Waals surface area (Å²) in [7, 11) is 0. The largest absolute Gasteiger partial charge is 0.399 e. The molecule has 0 aliphatic heterocycles. The average Bonchev–Trinajstić information content (AvgIpc) is 2.43. The maximum absolute atomic E-state index is 5.62. The summed E-state index contributed by atoms with van der Waals surface area (Å²) < 4.78 is 0. The highest BCUT2D eigenvalue weighted by Crippen LogP contribution is 2.10. The number of nitrogens with one attached hydrogen (secondary N) is 3. The summed E-state index contributed by atoms with van der Waals surface area (Å²) in [5.74, 6) is 0. The van der Waals surface area contributed by atoms with Gasteiger partial charge in [0.15, 0.2) is 0 Å². The van der Waals surface area contributed by atoms with Crippen LogP contribution in [0.1, 0.15) is 0 Å². The lowest BCUT2D eigenvalue weighted by molar-refractivity contribution is 0.779. The Hall–Kier alpha value is -2.40. The first-order valence-electron chi connectivity index (χ1n) is 6.13. The molecule has 5 heteroatoms. The third kappa shape index (κ3) is 4.40. The fourth-order valence-electron chi connectivity index (χ4n) is 1.59. The molecule has 0 spiro atoms. The molecule has 0 aliphatic carbocycles. The van der Waals surface area contributed by atoms with E-state index in [1.165, 1.54) is 0 Å². The quantitative estimate of drug-likeness (QED) is 0.310. The van der Waals surface area contributed by atoms with Gasteiger partial charge in [-0.3, -0.25) is 5.32 Å². The van der Waals surface area contributed by atoms with E-state index in [1.54, 1.807) is 0 Å². The molecule has 2 aromatic carbocycles. The highest BCUT2D eigenvalue weighted by Gasteiger charge is 1.92. The maximum atomic E-state index is 5.62. The highest BCUT2D eigenvalue weighted by molar-refractivity contribution is 5.52. The summed E-state index contributed by atoms with van der Waals surface area (Å²) in [5, 5.41) is 9.71. The second kappa shape index (κ2) is 6.51. The molecule has 0 unspecified atom stereocenters. The molecular formula is C14H19N5. The summed E-state index contributed by atoms with van der Waals surface area (Å²) in [6.07, 6.45) is 0. The van der Waals surface area contributed by atoms with Gasteiger partial charge in [-0.1, -0.05) is 0 Å². The maximum Gasteiger partial charge on any atom is 0.0666 e. The lowest BCUT2D eigenvalue weighted by atomic mass is 10.3. The molecule has 0 atom stereocenters. The second-order valence-electron chi connectivity index (χ2n) is 4.20. The molecule has 0 aromatic heterocycles. The molecule has 19 heavy (non-hydrogen) atoms. The van der Waals surface area contributed by atoms with E-state index < -0.39 is 0 Å². The van der Waals surface area contributed by atoms with Crippen LogP contribution in [0.2, 0.25) is 0 Å². The molecule has 0 radical (unpaired) electrons. The van der Waals surface area contributed by atoms with Crippen molar-refractivity contribution in [3.63, 3.8) is 0 Å². The molecule has 0 fully saturated rings. The average molecular weight is 257 g/mol. The van der Waals surface area contributed by atoms with E-state index >= 15 is 0 Å². The minimum absolute atomic E-state index is 0.673. The van der Waals surface area contributed by atoms with Crippen LogP contribution in [0.25, 0.3) is 0 Å². The van der Waals surface area contributed by atoms with Crippen LogP contribution in [0.5, 0.6) is 0 Å². The van der Waals surface area contributed by atoms with Crippen LogP contribution in [0.3, 0.4) is 0 Å². The van der Waals surface area contributed by atoms with Gasteiger partial charge >= 0.3 is 0 Å². The lowest BCUT2D eigenvalue weighted by Gasteiger charge is -2.10. The molecule has 5 nitrogen and oxygen atoms in total. The Kier molecular flexibility index (Phi) is 4.47. The molecule has 0 bridgehead atoms. The third-order valence-corrected chi connectivity index (χ3v) is 2.66. The first-order valence-corrected chi connectivity index (χ1v) is 6.13. The van der Waals surface area contributed by atoms with Crippen LogP contribution in [0.15, 0.2) is 48.5 Å². The van der Waals surface area contributed by atoms with Crippen molar-refractivity contribution in [1.29, 1.82) is 0 Å². The fraction of sp³-hybridized carbons (Fsp3) is 0.143. The first-order chi connectivity index (χ1) is 9.24. The van der Waals surface area contributed by atoms with Crippen molar-refractivity contribution in [3.8, 4) is 0 Å². The van der Waals surface area contributed by atoms with E-state index in [0.29, 0.717) is 13.3 Å². The lowest BCUT2D eigenvalue weighted by Crippen LogP contribution is -2.27. The van der Waals surface area contributed by atoms with Gasteiger partial charge in [0.1, 0.15) is 0 Å². The number of hydrogen-bond donors (Lipinski definition) is 5. The number of anilines is 4. The van der Waals surface area contributed by atoms with Gasteiger partial charge in [-0.25, -0.2) is 0 Å². The van der Waals surface area contributed by atoms with Crippen LogP contribution < -0.4 is 27.4 Å². The van der Waals surface area contributed by atoms with Crippen molar-refractivity contribution >= 4 is 22.7 Å². The molecule has 0 saturated carbocycles. The van der Waals surface area contributed by atoms with Gasteiger partial charge in [0.05, 0.1) is 13.3 Å². The Morgan fingerprint density at radius 1 is 0.632 bits per heavy atom. The van der Waals surface area contributed by atoms with Crippen LogP contribution in [-0.2, 0) is 0 Å². The number of benzene rings is 2. The normalized spacial score (nSPS) is 10.1. The zero-order valence-corrected chi connectivity index (χ0v) is 10.7. The van der Waals surface area contributed by atoms with Crippen molar-refractivity contribution < 1.29 is 0 Å². The summed E-state index contributed by atoms with van der Waals surface area (Å²) in [4.78, 5) is 0. The molecule has 100 valence electrons. The van der Waals surface area contributed by atoms with Crippen molar-refractivity contribution in [1.82, 2.24) is 5.32 Å². The van der Waals surface area contributed by atoms with Crippen molar-refractivity contribution in [2.75, 3.05) is 35.4 Å². The fourth-order valence-corrected chi connectivity index (χ4v) is 1.59. The highest BCUT2D eigenvalue weighted by atomic mass is 15.1. The molecule has 0 aliphatic rings. The molecule has 2 aromatic rings. The summed E-state index contributed by atoms with van der Waals surface area (Å²) in [5.41, 5.74) is 14.8. The van der Waals surface area contributed by atoms with E-state index in [2.05, 4.69) is 16.0 Å². The van der Waals surface area contributed by atoms with Gasteiger partial charge < -0.3 is 22.1 Å². The standard InChI is InChI=1S/C14H19N5/c15-11-1-5-13(6-2-11)18-9-17-10-19-14-7-3-12(16)4-8-14/h1-8,17-19H,9-10,15-16H2. The second-order valence-corrected chi connectivity index (χ2v) is 4.20. The minimum atomic E-state index is 0.673. The topological polar surface area (TPSA) is 88.1 Å². The Bertz CT molecular complexity index is 445. The third-order valence-electron chi connectivity index (χ3n) is 2.66. The van der Waals surface area contributed by atoms with Crippen LogP contribution in [0.4, 0.5) is 22.7 Å². The predicted molar refractivity (Wildman–Crippen MR) is 81.8 cm³/mol. The van der Waals surface area contributed by atoms with E-state index in [9.17, 15) is 0 Å². The summed E-state index contributed by atoms with van der Waals surface area (Å²) in [6, 6.07) is 15.3. The predicted octanol–water partition coefficient (Wildman–Crippen LogP) is 1.88. The van der Waals surface area contributed by atoms with Crippen molar-refractivity contribution in [2.24, 2.45) is 0 Å². The Balaban J connectivity index is 1.64. The molecule has 2 rings (SSSR count). The molecular weight excluding hydrogens is 238 g/mol. The Labute approximate surface area is 113 Å². The van der Waals surface area contributed by atoms with E-state index in [0.717, 1.165) is 22.7 Å². The van der Waals surface area contributed by atoms with Gasteiger partial charge in [-0.2, -0.15) is 0 Å². The monoisotopic (exact) mass is 257 g/mol. The van der Waals surface area contributed by atoms with Gasteiger partial charge in [0, 0.05) is 22.7 Å². The van der Waals surface area contributed by atoms with Crippen LogP contribution in [-0.4, -0.2) is 13.3 Å². The van der Waals surface area contributed by atoms with Crippen LogP contribution in [0, 0.1) is 0 Å². The van der Waals surface area contributed by atoms with E-state index in [1.807, 2.05) is 48.5 Å². The SMILES string of the molecule is Nc1ccc(NCNCNc2ccc(N)cc2)cc1. The van der Waals surface area contributed by atoms with Gasteiger partial charge in [-0.15, -0.1) is 0 Å². The molecule has 0 amide bonds. The van der Waals surface area contributed by atoms with Crippen molar-refractivity contribution in [2.45, 2.75) is 0 Å². The number of nitrogens with two attached hydrogens (primary N) is 2. The Morgan fingerprint density at radius 2 is 1.00 bits per heavy atom.